The minimum absolute atomic E-state index is 0. The maximum atomic E-state index is 8.88. The molecule has 0 rings (SSSR count). The smallest absolute Gasteiger partial charge is 1.00 e. The van der Waals surface area contributed by atoms with Crippen LogP contribution in [0, 0.1) is 0 Å². The van der Waals surface area contributed by atoms with E-state index in [9.17, 15) is 0 Å². The number of hydrogen-bond acceptors (Lipinski definition) is 2. The van der Waals surface area contributed by atoms with Gasteiger partial charge in [-0.15, -0.1) is 0 Å². The van der Waals surface area contributed by atoms with Gasteiger partial charge in [0.05, 0.1) is 0 Å². The third-order valence-corrected chi connectivity index (χ3v) is 0. The van der Waals surface area contributed by atoms with Crippen molar-refractivity contribution in [3.63, 3.8) is 0 Å². The van der Waals surface area contributed by atoms with E-state index in [0.29, 0.717) is 0 Å². The van der Waals surface area contributed by atoms with Gasteiger partial charge in [-0.05, 0) is 0 Å². The normalized spacial score (nSPS) is 8.43. The van der Waals surface area contributed by atoms with Crippen molar-refractivity contribution in [2.75, 3.05) is 0 Å². The standard InChI is InChI=1S/4Na.2H3O4P.4H/c;;;;2*1-5(2,3)4;;;;/h;;;;2*(H3,1,2,3,4);;;;/q4*+1;;;4*-1. The summed E-state index contributed by atoms with van der Waals surface area (Å²) in [4.78, 5) is 43.1. The van der Waals surface area contributed by atoms with Gasteiger partial charge in [-0.3, -0.25) is 0 Å². The predicted molar refractivity (Wildman–Crippen MR) is 33.0 cm³/mol. The molecule has 0 spiro atoms. The molecule has 6 N–H and O–H groups in total. The third-order valence-electron chi connectivity index (χ3n) is 0. The SMILES string of the molecule is O=P(O)(O)O.O=P(O)(O)O.[H-].[H-].[H-].[H-].[Na+].[Na+].[Na+].[Na+]. The van der Waals surface area contributed by atoms with Crippen LogP contribution in [0.5, 0.6) is 0 Å². The molecule has 0 aliphatic carbocycles. The van der Waals surface area contributed by atoms with Crippen LogP contribution in [0.25, 0.3) is 0 Å². The monoisotopic (exact) mass is 292 g/mol. The van der Waals surface area contributed by atoms with Gasteiger partial charge in [-0.25, -0.2) is 9.13 Å². The molecule has 0 aliphatic heterocycles. The van der Waals surface area contributed by atoms with E-state index >= 15 is 0 Å². The summed E-state index contributed by atoms with van der Waals surface area (Å²) in [5, 5.41) is 0. The van der Waals surface area contributed by atoms with Crippen LogP contribution in [0.2, 0.25) is 0 Å². The van der Waals surface area contributed by atoms with Crippen molar-refractivity contribution < 1.29 is 162 Å². The Morgan fingerprint density at radius 2 is 0.571 bits per heavy atom. The summed E-state index contributed by atoms with van der Waals surface area (Å²) >= 11 is 0. The summed E-state index contributed by atoms with van der Waals surface area (Å²) in [6, 6.07) is 0. The first-order chi connectivity index (χ1) is 4.00. The summed E-state index contributed by atoms with van der Waals surface area (Å²) in [6.07, 6.45) is 0. The summed E-state index contributed by atoms with van der Waals surface area (Å²) in [5.41, 5.74) is 0. The number of hydrogen-bond donors (Lipinski definition) is 6. The van der Waals surface area contributed by atoms with E-state index in [4.69, 9.17) is 38.5 Å². The molecular weight excluding hydrogens is 282 g/mol. The van der Waals surface area contributed by atoms with Gasteiger partial charge in [0.15, 0.2) is 0 Å². The zero-order valence-electron chi connectivity index (χ0n) is 12.4. The fourth-order valence-electron chi connectivity index (χ4n) is 0. The predicted octanol–water partition coefficient (Wildman–Crippen LogP) is -13.4. The molecule has 0 aromatic rings. The van der Waals surface area contributed by atoms with Gasteiger partial charge in [0.2, 0.25) is 0 Å². The second-order valence-corrected chi connectivity index (χ2v) is 3.08. The van der Waals surface area contributed by atoms with Gasteiger partial charge >= 0.3 is 134 Å². The van der Waals surface area contributed by atoms with Crippen LogP contribution < -0.4 is 118 Å². The molecule has 0 fully saturated rings. The van der Waals surface area contributed by atoms with Crippen molar-refractivity contribution in [2.24, 2.45) is 0 Å². The summed E-state index contributed by atoms with van der Waals surface area (Å²) < 4.78 is 17.8. The van der Waals surface area contributed by atoms with Crippen LogP contribution in [0.15, 0.2) is 0 Å². The Morgan fingerprint density at radius 3 is 0.571 bits per heavy atom. The van der Waals surface area contributed by atoms with E-state index in [2.05, 4.69) is 0 Å². The van der Waals surface area contributed by atoms with Crippen molar-refractivity contribution in [3.05, 3.63) is 0 Å². The first kappa shape index (κ1) is 36.2. The van der Waals surface area contributed by atoms with Crippen molar-refractivity contribution in [1.29, 1.82) is 0 Å². The van der Waals surface area contributed by atoms with E-state index < -0.39 is 15.6 Å². The van der Waals surface area contributed by atoms with Gasteiger partial charge in [0.25, 0.3) is 0 Å². The average Bonchev–Trinajstić information content (AvgIpc) is 1.12. The second-order valence-electron chi connectivity index (χ2n) is 1.03. The first-order valence-corrected chi connectivity index (χ1v) is 4.70. The molecule has 0 aliphatic rings. The van der Waals surface area contributed by atoms with E-state index in [1.807, 2.05) is 0 Å². The molecule has 8 nitrogen and oxygen atoms in total. The quantitative estimate of drug-likeness (QED) is 0.190. The molecule has 72 valence electrons. The number of rotatable bonds is 0. The Hall–Kier alpha value is 4.22. The largest absolute Gasteiger partial charge is 1.00 e. The summed E-state index contributed by atoms with van der Waals surface area (Å²) in [5.74, 6) is 0. The Labute approximate surface area is 175 Å². The fourth-order valence-corrected chi connectivity index (χ4v) is 0. The Morgan fingerprint density at radius 1 is 0.571 bits per heavy atom. The molecular formula is H10Na4O8P2. The zero-order chi connectivity index (χ0) is 9.00. The van der Waals surface area contributed by atoms with Gasteiger partial charge < -0.3 is 35.1 Å². The Kier molecular flexibility index (Phi) is 44.5. The molecule has 0 atom stereocenters. The summed E-state index contributed by atoms with van der Waals surface area (Å²) in [7, 11) is -9.28. The second kappa shape index (κ2) is 17.2. The van der Waals surface area contributed by atoms with Crippen molar-refractivity contribution in [1.82, 2.24) is 0 Å². The average molecular weight is 292 g/mol. The molecule has 14 heavy (non-hydrogen) atoms. The minimum Gasteiger partial charge on any atom is -1.00 e. The molecule has 0 radical (unpaired) electrons. The van der Waals surface area contributed by atoms with Crippen LogP contribution in [0.4, 0.5) is 0 Å². The molecule has 14 heteroatoms. The third kappa shape index (κ3) is 211. The summed E-state index contributed by atoms with van der Waals surface area (Å²) in [6.45, 7) is 0. The molecule has 0 bridgehead atoms. The molecule has 0 saturated carbocycles. The Bertz CT molecular complexity index is 145. The van der Waals surface area contributed by atoms with E-state index in [0.717, 1.165) is 0 Å². The van der Waals surface area contributed by atoms with Gasteiger partial charge in [0, 0.05) is 0 Å². The molecule has 0 heterocycles. The number of phosphoric acid groups is 2. The van der Waals surface area contributed by atoms with E-state index in [1.165, 1.54) is 0 Å². The molecule has 0 aromatic heterocycles. The van der Waals surface area contributed by atoms with Crippen LogP contribution in [0.1, 0.15) is 5.71 Å². The maximum absolute atomic E-state index is 8.88. The molecule has 0 saturated heterocycles. The fraction of sp³-hybridized carbons (Fsp3) is 0. The van der Waals surface area contributed by atoms with Gasteiger partial charge in [0.1, 0.15) is 0 Å². The first-order valence-electron chi connectivity index (χ1n) is 1.57. The topological polar surface area (TPSA) is 156 Å². The molecule has 0 unspecified atom stereocenters. The van der Waals surface area contributed by atoms with Crippen LogP contribution >= 0.6 is 15.6 Å². The maximum Gasteiger partial charge on any atom is 1.00 e. The minimum atomic E-state index is -4.64. The van der Waals surface area contributed by atoms with Crippen molar-refractivity contribution >= 4 is 15.6 Å². The molecule has 0 amide bonds. The Balaban J connectivity index is -0.00000000615. The van der Waals surface area contributed by atoms with Gasteiger partial charge in [-0.2, -0.15) is 0 Å². The van der Waals surface area contributed by atoms with Crippen LogP contribution in [-0.2, 0) is 9.13 Å². The van der Waals surface area contributed by atoms with Gasteiger partial charge in [-0.1, -0.05) is 0 Å². The van der Waals surface area contributed by atoms with E-state index in [-0.39, 0.29) is 124 Å². The van der Waals surface area contributed by atoms with Crippen molar-refractivity contribution in [3.8, 4) is 0 Å². The molecule has 0 aromatic carbocycles. The van der Waals surface area contributed by atoms with Crippen molar-refractivity contribution in [2.45, 2.75) is 0 Å². The zero-order valence-corrected chi connectivity index (χ0v) is 18.2. The van der Waals surface area contributed by atoms with Crippen LogP contribution in [0.3, 0.4) is 0 Å². The van der Waals surface area contributed by atoms with E-state index in [1.54, 1.807) is 0 Å². The van der Waals surface area contributed by atoms with Crippen LogP contribution in [-0.4, -0.2) is 29.4 Å².